The Labute approximate surface area is 247 Å². The molecule has 10 nitrogen and oxygen atoms in total. The van der Waals surface area contributed by atoms with Crippen molar-refractivity contribution in [1.82, 2.24) is 30.5 Å². The van der Waals surface area contributed by atoms with Crippen LogP contribution in [-0.2, 0) is 0 Å². The Morgan fingerprint density at radius 1 is 1.07 bits per heavy atom. The molecule has 1 saturated heterocycles. The third-order valence-corrected chi connectivity index (χ3v) is 7.81. The van der Waals surface area contributed by atoms with Gasteiger partial charge in [-0.3, -0.25) is 19.5 Å². The normalized spacial score (nSPS) is 17.9. The number of carbonyl (C=O) groups is 2. The molecule has 2 fully saturated rings. The molecular weight excluding hydrogens is 530 g/mol. The van der Waals surface area contributed by atoms with Gasteiger partial charge in [0.15, 0.2) is 6.10 Å². The number of amides is 2. The molecule has 0 radical (unpaired) electrons. The summed E-state index contributed by atoms with van der Waals surface area (Å²) >= 11 is 0. The predicted octanol–water partition coefficient (Wildman–Crippen LogP) is 4.09. The number of aromatic nitrogens is 3. The van der Waals surface area contributed by atoms with Gasteiger partial charge in [0.25, 0.3) is 11.8 Å². The molecule has 5 rings (SSSR count). The van der Waals surface area contributed by atoms with Crippen molar-refractivity contribution in [3.8, 4) is 5.75 Å². The Kier molecular flexibility index (Phi) is 9.13. The summed E-state index contributed by atoms with van der Waals surface area (Å²) < 4.78 is 6.68. The maximum Gasteiger partial charge on any atom is 0.257 e. The van der Waals surface area contributed by atoms with Crippen molar-refractivity contribution >= 4 is 17.6 Å². The molecule has 3 N–H and O–H groups in total. The Morgan fingerprint density at radius 2 is 1.88 bits per heavy atom. The van der Waals surface area contributed by atoms with E-state index in [2.05, 4.69) is 49.9 Å². The van der Waals surface area contributed by atoms with Gasteiger partial charge in [0.2, 0.25) is 0 Å². The Morgan fingerprint density at radius 3 is 2.57 bits per heavy atom. The minimum absolute atomic E-state index is 0.302. The molecule has 2 atom stereocenters. The van der Waals surface area contributed by atoms with Gasteiger partial charge in [-0.25, -0.2) is 9.97 Å². The maximum atomic E-state index is 13.4. The second-order valence-corrected chi connectivity index (χ2v) is 11.4. The number of carbonyl (C=O) groups excluding carboxylic acids is 2. The lowest BCUT2D eigenvalue weighted by Gasteiger charge is -2.34. The molecule has 3 aromatic rings. The molecule has 10 heteroatoms. The average Bonchev–Trinajstić information content (AvgIpc) is 3.81. The molecule has 2 amide bonds. The van der Waals surface area contributed by atoms with Gasteiger partial charge in [0, 0.05) is 62.3 Å². The zero-order valence-electron chi connectivity index (χ0n) is 25.2. The van der Waals surface area contributed by atoms with Crippen molar-refractivity contribution < 1.29 is 14.3 Å². The molecule has 1 aliphatic heterocycles. The third kappa shape index (κ3) is 7.11. The van der Waals surface area contributed by atoms with Gasteiger partial charge >= 0.3 is 0 Å². The summed E-state index contributed by atoms with van der Waals surface area (Å²) in [5.41, 5.74) is 4.19. The molecule has 1 saturated carbocycles. The number of nitrogens with one attached hydrogen (secondary N) is 3. The minimum atomic E-state index is -0.401. The smallest absolute Gasteiger partial charge is 0.257 e. The molecule has 2 aliphatic rings. The highest BCUT2D eigenvalue weighted by Crippen LogP contribution is 2.40. The van der Waals surface area contributed by atoms with E-state index in [1.165, 1.54) is 18.4 Å². The van der Waals surface area contributed by atoms with E-state index in [0.29, 0.717) is 59.1 Å². The first-order valence-electron chi connectivity index (χ1n) is 14.8. The highest BCUT2D eigenvalue weighted by molar-refractivity contribution is 6.07. The van der Waals surface area contributed by atoms with Crippen molar-refractivity contribution in [1.29, 1.82) is 0 Å². The molecule has 1 aliphatic carbocycles. The Balaban J connectivity index is 1.47. The van der Waals surface area contributed by atoms with Gasteiger partial charge in [-0.1, -0.05) is 6.07 Å². The van der Waals surface area contributed by atoms with Gasteiger partial charge in [0.1, 0.15) is 17.4 Å². The van der Waals surface area contributed by atoms with Crippen LogP contribution in [0.15, 0.2) is 36.7 Å². The number of pyridine rings is 1. The number of piperazine rings is 1. The number of aryl methyl sites for hydroxylation is 3. The van der Waals surface area contributed by atoms with Crippen LogP contribution in [0.25, 0.3) is 0 Å². The number of ether oxygens (including phenoxy) is 1. The van der Waals surface area contributed by atoms with E-state index >= 15 is 0 Å². The molecular formula is C32H41N7O3. The number of nitrogens with zero attached hydrogens (tertiary/aromatic N) is 4. The van der Waals surface area contributed by atoms with E-state index < -0.39 is 6.10 Å². The van der Waals surface area contributed by atoms with Crippen LogP contribution in [-0.4, -0.2) is 70.4 Å². The number of hydrogen-bond donors (Lipinski definition) is 3. The van der Waals surface area contributed by atoms with Crippen molar-refractivity contribution in [2.24, 2.45) is 0 Å². The molecule has 0 spiro atoms. The van der Waals surface area contributed by atoms with Crippen molar-refractivity contribution in [2.75, 3.05) is 38.0 Å². The highest BCUT2D eigenvalue weighted by atomic mass is 16.5. The SMILES string of the molecule is CCNC(=O)c1cc(C(=O)Nc2nc(C)ncc2C)c(C)cc1O[C@H](CN1CCN[C@H](C)C1)c1ccc(C2CC2)cn1. The fraction of sp³-hybridized carbons (Fsp3) is 0.469. The summed E-state index contributed by atoms with van der Waals surface area (Å²) in [6.07, 6.45) is 5.66. The zero-order valence-corrected chi connectivity index (χ0v) is 25.2. The topological polar surface area (TPSA) is 121 Å². The number of benzene rings is 1. The molecule has 3 heterocycles. The summed E-state index contributed by atoms with van der Waals surface area (Å²) in [5.74, 6) is 1.38. The first kappa shape index (κ1) is 29.6. The molecule has 1 aromatic carbocycles. The predicted molar refractivity (Wildman–Crippen MR) is 162 cm³/mol. The molecule has 0 bridgehead atoms. The molecule has 2 aromatic heterocycles. The lowest BCUT2D eigenvalue weighted by molar-refractivity contribution is 0.0929. The fourth-order valence-corrected chi connectivity index (χ4v) is 5.31. The average molecular weight is 572 g/mol. The maximum absolute atomic E-state index is 13.4. The van der Waals surface area contributed by atoms with Crippen LogP contribution in [0.2, 0.25) is 0 Å². The number of rotatable bonds is 10. The number of anilines is 1. The van der Waals surface area contributed by atoms with Gasteiger partial charge in [0.05, 0.1) is 11.3 Å². The standard InChI is InChI=1S/C32H41N7O3/c1-6-33-31(40)26-14-25(32(41)38-30-20(3)15-35-22(5)37-30)19(2)13-28(26)42-29(18-39-12-11-34-21(4)17-39)27-10-9-24(16-36-27)23-7-8-23/h9-10,13-16,21,23,29,34H,6-8,11-12,17-18H2,1-5H3,(H,33,40)(H,35,37,38,41)/t21-,29-/m1/s1. The van der Waals surface area contributed by atoms with E-state index in [1.54, 1.807) is 25.3 Å². The lowest BCUT2D eigenvalue weighted by atomic mass is 10.0. The second-order valence-electron chi connectivity index (χ2n) is 11.4. The molecule has 42 heavy (non-hydrogen) atoms. The highest BCUT2D eigenvalue weighted by Gasteiger charge is 2.28. The summed E-state index contributed by atoms with van der Waals surface area (Å²) in [4.78, 5) is 42.4. The summed E-state index contributed by atoms with van der Waals surface area (Å²) in [6.45, 7) is 13.3. The van der Waals surface area contributed by atoms with Crippen LogP contribution < -0.4 is 20.7 Å². The van der Waals surface area contributed by atoms with E-state index in [-0.39, 0.29) is 11.8 Å². The zero-order chi connectivity index (χ0) is 29.8. The van der Waals surface area contributed by atoms with Crippen LogP contribution in [0.4, 0.5) is 5.82 Å². The van der Waals surface area contributed by atoms with E-state index in [0.717, 1.165) is 30.9 Å². The minimum Gasteiger partial charge on any atom is -0.482 e. The van der Waals surface area contributed by atoms with Crippen LogP contribution in [0.3, 0.4) is 0 Å². The largest absolute Gasteiger partial charge is 0.482 e. The van der Waals surface area contributed by atoms with Gasteiger partial charge in [-0.2, -0.15) is 0 Å². The van der Waals surface area contributed by atoms with Crippen LogP contribution >= 0.6 is 0 Å². The number of hydrogen-bond acceptors (Lipinski definition) is 8. The summed E-state index contributed by atoms with van der Waals surface area (Å²) in [7, 11) is 0. The van der Waals surface area contributed by atoms with Gasteiger partial charge < -0.3 is 20.7 Å². The van der Waals surface area contributed by atoms with E-state index in [1.807, 2.05) is 27.0 Å². The van der Waals surface area contributed by atoms with Gasteiger partial charge in [-0.05, 0) is 82.7 Å². The van der Waals surface area contributed by atoms with E-state index in [4.69, 9.17) is 9.72 Å². The Bertz CT molecular complexity index is 1440. The monoisotopic (exact) mass is 571 g/mol. The van der Waals surface area contributed by atoms with E-state index in [9.17, 15) is 9.59 Å². The molecule has 222 valence electrons. The van der Waals surface area contributed by atoms with Crippen LogP contribution in [0.1, 0.15) is 87.6 Å². The second kappa shape index (κ2) is 13.0. The van der Waals surface area contributed by atoms with Crippen molar-refractivity contribution in [3.63, 3.8) is 0 Å². The molecule has 0 unspecified atom stereocenters. The summed E-state index contributed by atoms with van der Waals surface area (Å²) in [5, 5.41) is 9.25. The first-order valence-corrected chi connectivity index (χ1v) is 14.8. The first-order chi connectivity index (χ1) is 20.2. The lowest BCUT2D eigenvalue weighted by Crippen LogP contribution is -2.50. The third-order valence-electron chi connectivity index (χ3n) is 7.81. The quantitative estimate of drug-likeness (QED) is 0.333. The van der Waals surface area contributed by atoms with Crippen LogP contribution in [0, 0.1) is 20.8 Å². The van der Waals surface area contributed by atoms with Crippen molar-refractivity contribution in [3.05, 3.63) is 76.0 Å². The van der Waals surface area contributed by atoms with Crippen molar-refractivity contribution in [2.45, 2.75) is 65.5 Å². The van der Waals surface area contributed by atoms with Crippen LogP contribution in [0.5, 0.6) is 5.75 Å². The summed E-state index contributed by atoms with van der Waals surface area (Å²) in [6, 6.07) is 7.97. The Hall–Kier alpha value is -3.89. The fourth-order valence-electron chi connectivity index (χ4n) is 5.31. The van der Waals surface area contributed by atoms with Gasteiger partial charge in [-0.15, -0.1) is 0 Å².